The van der Waals surface area contributed by atoms with E-state index >= 15 is 0 Å². The number of carbonyl (C=O) groups excluding carboxylic acids is 1. The number of carbonyl (C=O) groups is 1. The predicted octanol–water partition coefficient (Wildman–Crippen LogP) is 8.44. The first-order valence-corrected chi connectivity index (χ1v) is 12.5. The van der Waals surface area contributed by atoms with Crippen LogP contribution >= 0.6 is 0 Å². The topological polar surface area (TPSA) is 63.1 Å². The van der Waals surface area contributed by atoms with Gasteiger partial charge in [0.2, 0.25) is 0 Å². The van der Waals surface area contributed by atoms with Crippen LogP contribution in [0.15, 0.2) is 133 Å². The number of allylic oxidation sites excluding steroid dienone is 2. The average Bonchev–Trinajstić information content (AvgIpc) is 2.97. The largest absolute Gasteiger partial charge is 0.512 e. The molecule has 0 bridgehead atoms. The van der Waals surface area contributed by atoms with Crippen molar-refractivity contribution in [1.29, 1.82) is 0 Å². The van der Waals surface area contributed by atoms with Gasteiger partial charge in [-0.3, -0.25) is 4.79 Å². The molecule has 0 aliphatic carbocycles. The molecular weight excluding hydrogens is 673 g/mol. The number of rotatable bonds is 3. The fourth-order valence-corrected chi connectivity index (χ4v) is 4.04. The number of ketones is 1. The van der Waals surface area contributed by atoms with Gasteiger partial charge in [0, 0.05) is 38.6 Å². The van der Waals surface area contributed by atoms with E-state index < -0.39 is 0 Å². The van der Waals surface area contributed by atoms with Crippen LogP contribution in [0, 0.1) is 12.1 Å². The fourth-order valence-electron chi connectivity index (χ4n) is 4.04. The third-order valence-electron chi connectivity index (χ3n) is 5.69. The summed E-state index contributed by atoms with van der Waals surface area (Å²) in [6.07, 6.45) is 4.86. The number of pyridine rings is 2. The quantitative estimate of drug-likeness (QED) is 0.114. The summed E-state index contributed by atoms with van der Waals surface area (Å²) >= 11 is 0. The second kappa shape index (κ2) is 15.2. The van der Waals surface area contributed by atoms with E-state index in [9.17, 15) is 4.79 Å². The monoisotopic (exact) mass is 701 g/mol. The van der Waals surface area contributed by atoms with E-state index in [1.165, 1.54) is 41.5 Å². The molecule has 6 aromatic rings. The third-order valence-corrected chi connectivity index (χ3v) is 5.69. The zero-order valence-electron chi connectivity index (χ0n) is 22.2. The Morgan fingerprint density at radius 2 is 1.07 bits per heavy atom. The van der Waals surface area contributed by atoms with Crippen LogP contribution in [-0.4, -0.2) is 20.9 Å². The molecule has 4 aromatic carbocycles. The number of nitrogens with zero attached hydrogens (tertiary/aromatic N) is 2. The molecule has 0 aliphatic rings. The van der Waals surface area contributed by atoms with E-state index in [1.807, 2.05) is 97.3 Å². The van der Waals surface area contributed by atoms with Gasteiger partial charge in [0.25, 0.3) is 0 Å². The fraction of sp³-hybridized carbons (Fsp3) is 0.0571. The van der Waals surface area contributed by atoms with Crippen molar-refractivity contribution in [3.63, 3.8) is 0 Å². The Kier molecular flexibility index (Phi) is 11.5. The Morgan fingerprint density at radius 1 is 0.650 bits per heavy atom. The van der Waals surface area contributed by atoms with E-state index in [4.69, 9.17) is 5.11 Å². The van der Waals surface area contributed by atoms with Crippen molar-refractivity contribution in [2.24, 2.45) is 0 Å². The summed E-state index contributed by atoms with van der Waals surface area (Å²) in [7, 11) is 0. The predicted molar refractivity (Wildman–Crippen MR) is 159 cm³/mol. The minimum atomic E-state index is -0.125. The maximum Gasteiger partial charge on any atom is 0.155 e. The average molecular weight is 701 g/mol. The first kappa shape index (κ1) is 30.1. The molecule has 201 valence electrons. The second-order valence-corrected chi connectivity index (χ2v) is 8.71. The second-order valence-electron chi connectivity index (χ2n) is 8.71. The summed E-state index contributed by atoms with van der Waals surface area (Å²) in [6, 6.07) is 42.9. The van der Waals surface area contributed by atoms with Crippen LogP contribution in [0.4, 0.5) is 0 Å². The maximum absolute atomic E-state index is 10.0. The first-order valence-electron chi connectivity index (χ1n) is 12.5. The van der Waals surface area contributed by atoms with E-state index in [2.05, 4.69) is 46.4 Å². The number of aliphatic hydroxyl groups is 1. The van der Waals surface area contributed by atoms with Crippen LogP contribution < -0.4 is 0 Å². The summed E-state index contributed by atoms with van der Waals surface area (Å²) < 4.78 is 0. The van der Waals surface area contributed by atoms with E-state index in [1.54, 1.807) is 0 Å². The molecule has 0 aliphatic heterocycles. The molecule has 2 aromatic heterocycles. The molecule has 5 heteroatoms. The van der Waals surface area contributed by atoms with E-state index in [0.29, 0.717) is 0 Å². The smallest absolute Gasteiger partial charge is 0.155 e. The van der Waals surface area contributed by atoms with Gasteiger partial charge < -0.3 is 15.1 Å². The molecule has 1 N–H and O–H groups in total. The van der Waals surface area contributed by atoms with Gasteiger partial charge in [0.15, 0.2) is 5.78 Å². The molecule has 4 nitrogen and oxygen atoms in total. The Bertz CT molecular complexity index is 1570. The number of fused-ring (bicyclic) bond motifs is 2. The maximum atomic E-state index is 10.0. The van der Waals surface area contributed by atoms with Gasteiger partial charge in [-0.2, -0.15) is 0 Å². The Morgan fingerprint density at radius 3 is 1.43 bits per heavy atom. The van der Waals surface area contributed by atoms with Gasteiger partial charge in [-0.15, -0.1) is 71.8 Å². The Labute approximate surface area is 248 Å². The zero-order valence-corrected chi connectivity index (χ0v) is 24.6. The standard InChI is InChI=1S/2C15H10N.C5H8O2.Ir/c2*1-2-7-13(8-3-1)15-14-9-5-4-6-12(14)10-11-16-15;1-4(6)3-5(2)7;/h2*1-7,9-11H;3,6H,1-2H3;/q2*-1;;/b;;4-3-;. The van der Waals surface area contributed by atoms with Crippen LogP contribution in [0.5, 0.6) is 0 Å². The van der Waals surface area contributed by atoms with Crippen molar-refractivity contribution in [3.8, 4) is 22.5 Å². The summed E-state index contributed by atoms with van der Waals surface area (Å²) in [4.78, 5) is 18.9. The minimum Gasteiger partial charge on any atom is -0.512 e. The van der Waals surface area contributed by atoms with Crippen LogP contribution in [-0.2, 0) is 24.9 Å². The number of aliphatic hydroxyl groups excluding tert-OH is 1. The minimum absolute atomic E-state index is 0. The molecule has 40 heavy (non-hydrogen) atoms. The summed E-state index contributed by atoms with van der Waals surface area (Å²) in [6.45, 7) is 2.85. The van der Waals surface area contributed by atoms with E-state index in [0.717, 1.165) is 22.5 Å². The van der Waals surface area contributed by atoms with Gasteiger partial charge >= 0.3 is 0 Å². The molecular formula is C35H28IrN2O2-2. The zero-order chi connectivity index (χ0) is 27.5. The SMILES string of the molecule is CC(=O)/C=C(/C)O.[Ir].[c-]1ccccc1-c1nccc2ccccc12.[c-]1ccccc1-c1nccc2ccccc12. The molecule has 0 fully saturated rings. The molecule has 6 rings (SSSR count). The molecule has 0 atom stereocenters. The normalized spacial score (nSPS) is 10.4. The number of benzene rings is 4. The van der Waals surface area contributed by atoms with Gasteiger partial charge in [0.1, 0.15) is 0 Å². The van der Waals surface area contributed by atoms with Crippen LogP contribution in [0.25, 0.3) is 44.1 Å². The van der Waals surface area contributed by atoms with Crippen molar-refractivity contribution in [2.75, 3.05) is 0 Å². The summed E-state index contributed by atoms with van der Waals surface area (Å²) in [5.74, 6) is -0.0625. The number of hydrogen-bond donors (Lipinski definition) is 1. The molecule has 0 spiro atoms. The third kappa shape index (κ3) is 8.28. The van der Waals surface area contributed by atoms with Crippen molar-refractivity contribution >= 4 is 27.3 Å². The molecule has 0 amide bonds. The van der Waals surface area contributed by atoms with Crippen molar-refractivity contribution in [3.05, 3.63) is 146 Å². The van der Waals surface area contributed by atoms with Crippen LogP contribution in [0.3, 0.4) is 0 Å². The van der Waals surface area contributed by atoms with Gasteiger partial charge in [-0.05, 0) is 58.9 Å². The number of aromatic nitrogens is 2. The summed E-state index contributed by atoms with van der Waals surface area (Å²) in [5.41, 5.74) is 4.08. The van der Waals surface area contributed by atoms with Gasteiger partial charge in [-0.1, -0.05) is 48.5 Å². The first-order chi connectivity index (χ1) is 19.0. The van der Waals surface area contributed by atoms with Crippen LogP contribution in [0.1, 0.15) is 13.8 Å². The Hall–Kier alpha value is -4.44. The van der Waals surface area contributed by atoms with Crippen molar-refractivity contribution in [1.82, 2.24) is 9.97 Å². The van der Waals surface area contributed by atoms with Crippen molar-refractivity contribution in [2.45, 2.75) is 13.8 Å². The van der Waals surface area contributed by atoms with Gasteiger partial charge in [0.05, 0.1) is 5.76 Å². The van der Waals surface area contributed by atoms with Crippen LogP contribution in [0.2, 0.25) is 0 Å². The molecule has 0 unspecified atom stereocenters. The molecule has 0 saturated carbocycles. The van der Waals surface area contributed by atoms with Gasteiger partial charge in [-0.25, -0.2) is 0 Å². The van der Waals surface area contributed by atoms with Crippen molar-refractivity contribution < 1.29 is 30.0 Å². The Balaban J connectivity index is 0.000000177. The molecule has 1 radical (unpaired) electrons. The number of hydrogen-bond acceptors (Lipinski definition) is 4. The van der Waals surface area contributed by atoms with E-state index in [-0.39, 0.29) is 31.6 Å². The molecule has 2 heterocycles. The summed E-state index contributed by atoms with van der Waals surface area (Å²) in [5, 5.41) is 13.1. The molecule has 0 saturated heterocycles.